The Bertz CT molecular complexity index is 1090. The minimum atomic E-state index is -3.99. The van der Waals surface area contributed by atoms with E-state index in [4.69, 9.17) is 4.74 Å². The fourth-order valence-corrected chi connectivity index (χ4v) is 6.27. The van der Waals surface area contributed by atoms with Gasteiger partial charge in [0.2, 0.25) is 15.9 Å². The van der Waals surface area contributed by atoms with Crippen LogP contribution in [0.15, 0.2) is 45.8 Å². The Morgan fingerprint density at radius 1 is 1.20 bits per heavy atom. The highest BCUT2D eigenvalue weighted by Crippen LogP contribution is 2.34. The van der Waals surface area contributed by atoms with Crippen LogP contribution >= 0.6 is 15.9 Å². The first-order valence-corrected chi connectivity index (χ1v) is 12.0. The van der Waals surface area contributed by atoms with Gasteiger partial charge in [0, 0.05) is 29.8 Å². The smallest absolute Gasteiger partial charge is 0.246 e. The van der Waals surface area contributed by atoms with E-state index in [-0.39, 0.29) is 29.6 Å². The second-order valence-electron chi connectivity index (χ2n) is 7.51. The summed E-state index contributed by atoms with van der Waals surface area (Å²) in [6.07, 6.45) is 1.96. The zero-order valence-electron chi connectivity index (χ0n) is 16.5. The van der Waals surface area contributed by atoms with Crippen LogP contribution in [0, 0.1) is 11.7 Å². The molecule has 1 saturated heterocycles. The summed E-state index contributed by atoms with van der Waals surface area (Å²) in [7, 11) is -2.65. The number of rotatable bonds is 4. The second-order valence-corrected chi connectivity index (χ2v) is 10.3. The Kier molecular flexibility index (Phi) is 5.87. The first-order chi connectivity index (χ1) is 14.3. The summed E-state index contributed by atoms with van der Waals surface area (Å²) in [6, 6.07) is 9.25. The van der Waals surface area contributed by atoms with Gasteiger partial charge in [0.15, 0.2) is 0 Å². The molecule has 1 amide bonds. The molecule has 2 aromatic rings. The van der Waals surface area contributed by atoms with Crippen molar-refractivity contribution in [1.82, 2.24) is 4.31 Å². The molecule has 4 rings (SSSR count). The van der Waals surface area contributed by atoms with Crippen LogP contribution in [0.2, 0.25) is 0 Å². The minimum Gasteiger partial charge on any atom is -0.495 e. The van der Waals surface area contributed by atoms with Gasteiger partial charge in [-0.15, -0.1) is 0 Å². The van der Waals surface area contributed by atoms with Crippen LogP contribution in [0.5, 0.6) is 5.75 Å². The predicted molar refractivity (Wildman–Crippen MR) is 115 cm³/mol. The van der Waals surface area contributed by atoms with Crippen molar-refractivity contribution in [2.24, 2.45) is 5.92 Å². The molecule has 0 spiro atoms. The Morgan fingerprint density at radius 2 is 2.00 bits per heavy atom. The second kappa shape index (κ2) is 8.28. The van der Waals surface area contributed by atoms with Crippen molar-refractivity contribution in [2.75, 3.05) is 31.6 Å². The average Bonchev–Trinajstić information content (AvgIpc) is 3.16. The van der Waals surface area contributed by atoms with Crippen LogP contribution in [0.3, 0.4) is 0 Å². The third-order valence-corrected chi connectivity index (χ3v) is 8.06. The molecular weight excluding hydrogens is 475 g/mol. The monoisotopic (exact) mass is 496 g/mol. The van der Waals surface area contributed by atoms with Gasteiger partial charge in [0.1, 0.15) is 16.5 Å². The van der Waals surface area contributed by atoms with E-state index in [0.717, 1.165) is 34.3 Å². The van der Waals surface area contributed by atoms with Crippen LogP contribution in [-0.4, -0.2) is 45.4 Å². The van der Waals surface area contributed by atoms with Crippen LogP contribution in [0.4, 0.5) is 10.1 Å². The van der Waals surface area contributed by atoms with Crippen LogP contribution < -0.4 is 9.64 Å². The number of benzene rings is 2. The first-order valence-electron chi connectivity index (χ1n) is 9.75. The molecule has 0 radical (unpaired) electrons. The maximum atomic E-state index is 13.8. The summed E-state index contributed by atoms with van der Waals surface area (Å²) < 4.78 is 47.5. The van der Waals surface area contributed by atoms with Crippen molar-refractivity contribution in [2.45, 2.75) is 24.2 Å². The minimum absolute atomic E-state index is 0.0674. The molecule has 2 heterocycles. The summed E-state index contributed by atoms with van der Waals surface area (Å²) in [4.78, 5) is 14.8. The number of fused-ring (bicyclic) bond motifs is 1. The van der Waals surface area contributed by atoms with Gasteiger partial charge in [-0.1, -0.05) is 15.9 Å². The Labute approximate surface area is 183 Å². The van der Waals surface area contributed by atoms with Crippen molar-refractivity contribution < 1.29 is 22.3 Å². The molecule has 0 aliphatic carbocycles. The van der Waals surface area contributed by atoms with Crippen LogP contribution in [0.25, 0.3) is 0 Å². The lowest BCUT2D eigenvalue weighted by Gasteiger charge is -2.33. The number of hydrogen-bond acceptors (Lipinski definition) is 4. The van der Waals surface area contributed by atoms with E-state index >= 15 is 0 Å². The Hall–Kier alpha value is -1.97. The lowest BCUT2D eigenvalue weighted by atomic mass is 9.98. The normalized spacial score (nSPS) is 19.6. The third-order valence-electron chi connectivity index (χ3n) is 5.68. The van der Waals surface area contributed by atoms with Crippen molar-refractivity contribution in [1.29, 1.82) is 0 Å². The molecule has 1 unspecified atom stereocenters. The number of anilines is 1. The number of halogens is 2. The molecule has 0 saturated carbocycles. The van der Waals surface area contributed by atoms with Gasteiger partial charge in [-0.05, 0) is 61.2 Å². The van der Waals surface area contributed by atoms with E-state index < -0.39 is 21.8 Å². The number of carbonyl (C=O) groups excluding carboxylic acids is 1. The number of nitrogens with zero attached hydrogens (tertiary/aromatic N) is 2. The van der Waals surface area contributed by atoms with Crippen molar-refractivity contribution in [3.8, 4) is 5.75 Å². The lowest BCUT2D eigenvalue weighted by Crippen LogP contribution is -2.46. The van der Waals surface area contributed by atoms with E-state index in [1.54, 1.807) is 4.90 Å². The first kappa shape index (κ1) is 21.3. The number of amides is 1. The highest BCUT2D eigenvalue weighted by atomic mass is 79.9. The molecular formula is C21H22BrFN2O4S. The van der Waals surface area contributed by atoms with Crippen molar-refractivity contribution >= 4 is 37.5 Å². The molecule has 30 heavy (non-hydrogen) atoms. The number of piperidine rings is 1. The lowest BCUT2D eigenvalue weighted by molar-refractivity contribution is -0.123. The highest BCUT2D eigenvalue weighted by Gasteiger charge is 2.38. The van der Waals surface area contributed by atoms with Gasteiger partial charge < -0.3 is 9.64 Å². The van der Waals surface area contributed by atoms with Gasteiger partial charge in [-0.3, -0.25) is 4.79 Å². The van der Waals surface area contributed by atoms with E-state index in [0.29, 0.717) is 19.4 Å². The molecule has 160 valence electrons. The SMILES string of the molecule is COc1ccc(F)cc1S(=O)(=O)N1CCCC(C(=O)N2CCc3cc(Br)ccc32)C1. The van der Waals surface area contributed by atoms with Gasteiger partial charge in [0.05, 0.1) is 13.0 Å². The fraction of sp³-hybridized carbons (Fsp3) is 0.381. The van der Waals surface area contributed by atoms with E-state index in [9.17, 15) is 17.6 Å². The fourth-order valence-electron chi connectivity index (χ4n) is 4.17. The predicted octanol–water partition coefficient (Wildman–Crippen LogP) is 3.59. The van der Waals surface area contributed by atoms with Crippen molar-refractivity contribution in [3.05, 3.63) is 52.3 Å². The Balaban J connectivity index is 1.57. The molecule has 0 bridgehead atoms. The molecule has 0 aromatic heterocycles. The van der Waals surface area contributed by atoms with Gasteiger partial charge in [0.25, 0.3) is 0 Å². The molecule has 2 aliphatic heterocycles. The third kappa shape index (κ3) is 3.86. The molecule has 9 heteroatoms. The summed E-state index contributed by atoms with van der Waals surface area (Å²) in [6.45, 7) is 0.949. The summed E-state index contributed by atoms with van der Waals surface area (Å²) in [5.74, 6) is -1.08. The topological polar surface area (TPSA) is 66.9 Å². The number of sulfonamides is 1. The van der Waals surface area contributed by atoms with Gasteiger partial charge >= 0.3 is 0 Å². The van der Waals surface area contributed by atoms with Crippen LogP contribution in [-0.2, 0) is 21.2 Å². The zero-order valence-corrected chi connectivity index (χ0v) is 18.9. The molecule has 1 atom stereocenters. The standard InChI is InChI=1S/C21H22BrFN2O4S/c1-29-19-7-5-17(23)12-20(19)30(27,28)24-9-2-3-15(13-24)21(26)25-10-8-14-11-16(22)4-6-18(14)25/h4-7,11-12,15H,2-3,8-10,13H2,1H3. The zero-order chi connectivity index (χ0) is 21.5. The summed E-state index contributed by atoms with van der Waals surface area (Å²) in [5, 5.41) is 0. The number of carbonyl (C=O) groups is 1. The number of ether oxygens (including phenoxy) is 1. The van der Waals surface area contributed by atoms with Gasteiger partial charge in [-0.25, -0.2) is 12.8 Å². The largest absolute Gasteiger partial charge is 0.495 e. The quantitative estimate of drug-likeness (QED) is 0.648. The van der Waals surface area contributed by atoms with Gasteiger partial charge in [-0.2, -0.15) is 4.31 Å². The van der Waals surface area contributed by atoms with E-state index in [1.165, 1.54) is 17.5 Å². The van der Waals surface area contributed by atoms with E-state index in [2.05, 4.69) is 15.9 Å². The summed E-state index contributed by atoms with van der Waals surface area (Å²) in [5.41, 5.74) is 1.98. The Morgan fingerprint density at radius 3 is 2.77 bits per heavy atom. The molecule has 2 aromatic carbocycles. The maximum Gasteiger partial charge on any atom is 0.246 e. The molecule has 2 aliphatic rings. The van der Waals surface area contributed by atoms with Crippen LogP contribution in [0.1, 0.15) is 18.4 Å². The van der Waals surface area contributed by atoms with Crippen molar-refractivity contribution in [3.63, 3.8) is 0 Å². The highest BCUT2D eigenvalue weighted by molar-refractivity contribution is 9.10. The maximum absolute atomic E-state index is 13.8. The number of methoxy groups -OCH3 is 1. The average molecular weight is 497 g/mol. The van der Waals surface area contributed by atoms with E-state index in [1.807, 2.05) is 18.2 Å². The molecule has 0 N–H and O–H groups in total. The molecule has 6 nitrogen and oxygen atoms in total. The number of hydrogen-bond donors (Lipinski definition) is 0. The summed E-state index contributed by atoms with van der Waals surface area (Å²) >= 11 is 3.45. The molecule has 1 fully saturated rings.